The summed E-state index contributed by atoms with van der Waals surface area (Å²) in [5.74, 6) is -0.514. The van der Waals surface area contributed by atoms with E-state index in [1.165, 1.54) is 11.3 Å². The summed E-state index contributed by atoms with van der Waals surface area (Å²) in [4.78, 5) is 31.5. The molecule has 0 aromatic carbocycles. The maximum absolute atomic E-state index is 12.6. The lowest BCUT2D eigenvalue weighted by Crippen LogP contribution is -2.42. The lowest BCUT2D eigenvalue weighted by atomic mass is 9.95. The molecule has 0 atom stereocenters. The van der Waals surface area contributed by atoms with Crippen molar-refractivity contribution in [3.8, 4) is 16.0 Å². The Morgan fingerprint density at radius 3 is 2.81 bits per heavy atom. The van der Waals surface area contributed by atoms with Gasteiger partial charge in [0.2, 0.25) is 5.71 Å². The van der Waals surface area contributed by atoms with Gasteiger partial charge in [0.15, 0.2) is 0 Å². The quantitative estimate of drug-likeness (QED) is 0.489. The normalized spacial score (nSPS) is 16.6. The third-order valence-electron chi connectivity index (χ3n) is 4.27. The number of carbonyl (C=O) groups is 2. The van der Waals surface area contributed by atoms with Crippen LogP contribution in [0.15, 0.2) is 44.7 Å². The predicted molar refractivity (Wildman–Crippen MR) is 104 cm³/mol. The van der Waals surface area contributed by atoms with Gasteiger partial charge in [-0.1, -0.05) is 6.07 Å². The second-order valence-corrected chi connectivity index (χ2v) is 7.82. The zero-order valence-corrected chi connectivity index (χ0v) is 16.1. The van der Waals surface area contributed by atoms with E-state index in [2.05, 4.69) is 4.98 Å². The lowest BCUT2D eigenvalue weighted by molar-refractivity contribution is -0.140. The van der Waals surface area contributed by atoms with Gasteiger partial charge in [0.1, 0.15) is 22.4 Å². The Morgan fingerprint density at radius 1 is 1.37 bits per heavy atom. The van der Waals surface area contributed by atoms with E-state index in [9.17, 15) is 14.9 Å². The van der Waals surface area contributed by atoms with Crippen LogP contribution < -0.4 is 0 Å². The first kappa shape index (κ1) is 17.4. The fraction of sp³-hybridized carbons (Fsp3) is 0.158. The number of furan rings is 1. The molecular formula is C19H13N3O3S2. The smallest absolute Gasteiger partial charge is 0.271 e. The summed E-state index contributed by atoms with van der Waals surface area (Å²) in [6, 6.07) is 7.69. The Labute approximate surface area is 162 Å². The van der Waals surface area contributed by atoms with Crippen molar-refractivity contribution in [1.29, 1.82) is 5.26 Å². The number of amides is 2. The summed E-state index contributed by atoms with van der Waals surface area (Å²) in [5.41, 5.74) is 1.13. The number of hydrogen-bond donors (Lipinski definition) is 0. The summed E-state index contributed by atoms with van der Waals surface area (Å²) in [7, 11) is 0. The van der Waals surface area contributed by atoms with Gasteiger partial charge in [0.25, 0.3) is 11.8 Å². The van der Waals surface area contributed by atoms with Crippen LogP contribution in [0.4, 0.5) is 0 Å². The highest BCUT2D eigenvalue weighted by molar-refractivity contribution is 7.25. The van der Waals surface area contributed by atoms with Gasteiger partial charge < -0.3 is 4.42 Å². The van der Waals surface area contributed by atoms with Crippen LogP contribution in [0.25, 0.3) is 26.4 Å². The number of imide groups is 1. The number of thiazole rings is 1. The maximum atomic E-state index is 12.6. The van der Waals surface area contributed by atoms with Crippen LogP contribution >= 0.6 is 22.7 Å². The molecule has 0 aliphatic carbocycles. The molecule has 0 N–H and O–H groups in total. The zero-order valence-electron chi connectivity index (χ0n) is 14.5. The minimum atomic E-state index is -0.553. The average Bonchev–Trinajstić information content (AvgIpc) is 3.35. The van der Waals surface area contributed by atoms with E-state index >= 15 is 0 Å². The first-order chi connectivity index (χ1) is 13.0. The van der Waals surface area contributed by atoms with Gasteiger partial charge in [0.05, 0.1) is 9.58 Å². The van der Waals surface area contributed by atoms with Gasteiger partial charge in [-0.25, -0.2) is 0 Å². The van der Waals surface area contributed by atoms with Crippen molar-refractivity contribution in [3.63, 3.8) is 0 Å². The first-order valence-corrected chi connectivity index (χ1v) is 9.86. The molecule has 4 heterocycles. The Morgan fingerprint density at radius 2 is 2.19 bits per heavy atom. The molecule has 0 bridgehead atoms. The third kappa shape index (κ3) is 2.81. The van der Waals surface area contributed by atoms with E-state index in [0.29, 0.717) is 17.0 Å². The molecule has 1 aliphatic heterocycles. The molecular weight excluding hydrogens is 382 g/mol. The van der Waals surface area contributed by atoms with E-state index in [0.717, 1.165) is 19.5 Å². The number of nitriles is 1. The van der Waals surface area contributed by atoms with Crippen LogP contribution in [-0.4, -0.2) is 28.2 Å². The molecule has 0 unspecified atom stereocenters. The number of likely N-dealkylation sites (N-methyl/N-ethyl adjacent to an activating group) is 1. The van der Waals surface area contributed by atoms with E-state index in [-0.39, 0.29) is 17.7 Å². The van der Waals surface area contributed by atoms with Crippen LogP contribution in [0.5, 0.6) is 0 Å². The molecule has 0 fully saturated rings. The summed E-state index contributed by atoms with van der Waals surface area (Å²) in [6.07, 6.45) is 1.57. The second kappa shape index (κ2) is 6.61. The number of carbonyl (C=O) groups excluding carboxylic acids is 2. The average molecular weight is 395 g/mol. The van der Waals surface area contributed by atoms with E-state index in [4.69, 9.17) is 4.42 Å². The molecule has 0 saturated heterocycles. The van der Waals surface area contributed by atoms with Gasteiger partial charge in [0, 0.05) is 18.2 Å². The first-order valence-electron chi connectivity index (χ1n) is 8.17. The molecule has 0 saturated carbocycles. The summed E-state index contributed by atoms with van der Waals surface area (Å²) < 4.78 is 6.65. The SMILES string of the molecule is CCN1C(=O)C(C#N)=C(C)/C(=C/c2cc3sc(-c4cccs4)nc3o2)C1=O. The Hall–Kier alpha value is -3.02. The van der Waals surface area contributed by atoms with Gasteiger partial charge in [-0.15, -0.1) is 22.7 Å². The number of hydrogen-bond acceptors (Lipinski definition) is 7. The van der Waals surface area contributed by atoms with Crippen molar-refractivity contribution in [2.24, 2.45) is 0 Å². The Bertz CT molecular complexity index is 1140. The monoisotopic (exact) mass is 395 g/mol. The summed E-state index contributed by atoms with van der Waals surface area (Å²) in [5, 5.41) is 12.2. The van der Waals surface area contributed by atoms with Crippen molar-refractivity contribution in [3.05, 3.63) is 46.1 Å². The molecule has 1 aliphatic rings. The fourth-order valence-corrected chi connectivity index (χ4v) is 4.62. The molecule has 134 valence electrons. The van der Waals surface area contributed by atoms with Crippen molar-refractivity contribution >= 4 is 51.0 Å². The fourth-order valence-electron chi connectivity index (χ4n) is 2.89. The van der Waals surface area contributed by atoms with Gasteiger partial charge in [-0.3, -0.25) is 14.5 Å². The van der Waals surface area contributed by atoms with Crippen LogP contribution in [0.1, 0.15) is 19.6 Å². The van der Waals surface area contributed by atoms with Gasteiger partial charge >= 0.3 is 0 Å². The van der Waals surface area contributed by atoms with Crippen molar-refractivity contribution in [1.82, 2.24) is 9.88 Å². The highest BCUT2D eigenvalue weighted by Crippen LogP contribution is 2.35. The van der Waals surface area contributed by atoms with Crippen LogP contribution in [0.3, 0.4) is 0 Å². The molecule has 3 aromatic rings. The second-order valence-electron chi connectivity index (χ2n) is 5.84. The van der Waals surface area contributed by atoms with Crippen molar-refractivity contribution in [2.75, 3.05) is 6.54 Å². The number of fused-ring (bicyclic) bond motifs is 1. The molecule has 6 nitrogen and oxygen atoms in total. The van der Waals surface area contributed by atoms with Gasteiger partial charge in [-0.05, 0) is 36.9 Å². The summed E-state index contributed by atoms with van der Waals surface area (Å²) >= 11 is 3.12. The molecule has 27 heavy (non-hydrogen) atoms. The number of rotatable bonds is 3. The van der Waals surface area contributed by atoms with Gasteiger partial charge in [-0.2, -0.15) is 10.2 Å². The number of aromatic nitrogens is 1. The highest BCUT2D eigenvalue weighted by Gasteiger charge is 2.34. The topological polar surface area (TPSA) is 87.2 Å². The standard InChI is InChI=1S/C19H13N3O3S2/c1-3-22-18(23)12(10(2)13(9-20)19(22)24)7-11-8-15-16(25-11)21-17(27-15)14-5-4-6-26-14/h4-8H,3H2,1-2H3/b12-7-. The third-order valence-corrected chi connectivity index (χ3v) is 6.29. The Balaban J connectivity index is 1.77. The largest absolute Gasteiger partial charge is 0.437 e. The van der Waals surface area contributed by atoms with Crippen molar-refractivity contribution < 1.29 is 14.0 Å². The molecule has 2 amide bonds. The minimum absolute atomic E-state index is 0.0193. The Kier molecular flexibility index (Phi) is 4.26. The van der Waals surface area contributed by atoms with Crippen LogP contribution in [0.2, 0.25) is 0 Å². The molecule has 4 rings (SSSR count). The van der Waals surface area contributed by atoms with E-state index in [1.807, 2.05) is 29.6 Å². The predicted octanol–water partition coefficient (Wildman–Crippen LogP) is 4.23. The molecule has 0 spiro atoms. The zero-order chi connectivity index (χ0) is 19.1. The van der Waals surface area contributed by atoms with E-state index in [1.54, 1.807) is 31.3 Å². The highest BCUT2D eigenvalue weighted by atomic mass is 32.1. The van der Waals surface area contributed by atoms with Crippen LogP contribution in [0, 0.1) is 11.3 Å². The lowest BCUT2D eigenvalue weighted by Gasteiger charge is -2.25. The van der Waals surface area contributed by atoms with Crippen molar-refractivity contribution in [2.45, 2.75) is 13.8 Å². The van der Waals surface area contributed by atoms with E-state index < -0.39 is 11.8 Å². The minimum Gasteiger partial charge on any atom is -0.437 e. The molecule has 3 aromatic heterocycles. The molecule has 0 radical (unpaired) electrons. The number of thiophene rings is 1. The van der Waals surface area contributed by atoms with Crippen LogP contribution in [-0.2, 0) is 9.59 Å². The number of nitrogens with zero attached hydrogens (tertiary/aromatic N) is 3. The maximum Gasteiger partial charge on any atom is 0.271 e. The molecule has 8 heteroatoms. The summed E-state index contributed by atoms with van der Waals surface area (Å²) in [6.45, 7) is 3.50.